The summed E-state index contributed by atoms with van der Waals surface area (Å²) in [5, 5.41) is 7.51. The van der Waals surface area contributed by atoms with Crippen molar-refractivity contribution in [1.82, 2.24) is 20.0 Å². The van der Waals surface area contributed by atoms with Crippen LogP contribution in [0.4, 0.5) is 0 Å². The minimum atomic E-state index is 0.498. The van der Waals surface area contributed by atoms with Crippen LogP contribution in [-0.2, 0) is 6.54 Å². The molecule has 102 valence electrons. The van der Waals surface area contributed by atoms with Gasteiger partial charge in [-0.25, -0.2) is 0 Å². The van der Waals surface area contributed by atoms with Crippen molar-refractivity contribution in [2.45, 2.75) is 39.3 Å². The molecule has 0 radical (unpaired) electrons. The normalized spacial score (nSPS) is 16.7. The molecule has 1 aliphatic carbocycles. The summed E-state index contributed by atoms with van der Waals surface area (Å²) in [7, 11) is 0. The van der Waals surface area contributed by atoms with E-state index in [2.05, 4.69) is 45.4 Å². The minimum absolute atomic E-state index is 0.498. The zero-order chi connectivity index (χ0) is 13.2. The number of rotatable bonds is 6. The molecule has 1 saturated carbocycles. The molecule has 0 aromatic carbocycles. The lowest BCUT2D eigenvalue weighted by molar-refractivity contribution is 0.386. The van der Waals surface area contributed by atoms with E-state index >= 15 is 0 Å². The van der Waals surface area contributed by atoms with Crippen molar-refractivity contribution in [1.29, 1.82) is 0 Å². The van der Waals surface area contributed by atoms with Gasteiger partial charge in [0.2, 0.25) is 5.89 Å². The SMILES string of the molecule is CCNC(c1ccn(Cc2noc(C)n2)c1)C1CC1. The molecule has 1 fully saturated rings. The van der Waals surface area contributed by atoms with Gasteiger partial charge in [-0.15, -0.1) is 0 Å². The first kappa shape index (κ1) is 12.4. The second-order valence-electron chi connectivity index (χ2n) is 5.22. The van der Waals surface area contributed by atoms with Crippen molar-refractivity contribution in [2.75, 3.05) is 6.54 Å². The third-order valence-electron chi connectivity index (χ3n) is 3.54. The Morgan fingerprint density at radius 1 is 1.53 bits per heavy atom. The van der Waals surface area contributed by atoms with Gasteiger partial charge in [0.15, 0.2) is 5.82 Å². The summed E-state index contributed by atoms with van der Waals surface area (Å²) in [6.45, 7) is 5.65. The van der Waals surface area contributed by atoms with Crippen molar-refractivity contribution in [3.05, 3.63) is 35.7 Å². The Balaban J connectivity index is 1.71. The zero-order valence-corrected chi connectivity index (χ0v) is 11.5. The van der Waals surface area contributed by atoms with E-state index in [1.165, 1.54) is 18.4 Å². The molecule has 1 atom stereocenters. The second kappa shape index (κ2) is 5.17. The van der Waals surface area contributed by atoms with Crippen LogP contribution in [0.1, 0.15) is 43.1 Å². The standard InChI is InChI=1S/C14H20N4O/c1-3-15-14(11-4-5-11)12-6-7-18(8-12)9-13-16-10(2)19-17-13/h6-8,11,14-15H,3-5,9H2,1-2H3. The van der Waals surface area contributed by atoms with Crippen LogP contribution < -0.4 is 5.32 Å². The summed E-state index contributed by atoms with van der Waals surface area (Å²) in [6.07, 6.45) is 6.96. The molecule has 1 aliphatic rings. The molecule has 2 aromatic rings. The maximum atomic E-state index is 4.99. The highest BCUT2D eigenvalue weighted by Crippen LogP contribution is 2.40. The highest BCUT2D eigenvalue weighted by atomic mass is 16.5. The third-order valence-corrected chi connectivity index (χ3v) is 3.54. The van der Waals surface area contributed by atoms with E-state index in [0.717, 1.165) is 18.3 Å². The molecule has 1 N–H and O–H groups in total. The van der Waals surface area contributed by atoms with Gasteiger partial charge >= 0.3 is 0 Å². The quantitative estimate of drug-likeness (QED) is 0.865. The van der Waals surface area contributed by atoms with Crippen LogP contribution in [-0.4, -0.2) is 21.3 Å². The van der Waals surface area contributed by atoms with E-state index in [1.54, 1.807) is 0 Å². The smallest absolute Gasteiger partial charge is 0.223 e. The van der Waals surface area contributed by atoms with Crippen molar-refractivity contribution in [3.8, 4) is 0 Å². The predicted octanol–water partition coefficient (Wildman–Crippen LogP) is 2.29. The zero-order valence-electron chi connectivity index (χ0n) is 11.5. The van der Waals surface area contributed by atoms with Crippen LogP contribution in [0.15, 0.2) is 23.0 Å². The van der Waals surface area contributed by atoms with Gasteiger partial charge in [0.05, 0.1) is 6.54 Å². The van der Waals surface area contributed by atoms with Gasteiger partial charge < -0.3 is 14.4 Å². The van der Waals surface area contributed by atoms with Gasteiger partial charge in [0, 0.05) is 25.4 Å². The van der Waals surface area contributed by atoms with Crippen molar-refractivity contribution in [3.63, 3.8) is 0 Å². The summed E-state index contributed by atoms with van der Waals surface area (Å²) in [4.78, 5) is 4.23. The molecule has 19 heavy (non-hydrogen) atoms. The third kappa shape index (κ3) is 2.87. The van der Waals surface area contributed by atoms with E-state index < -0.39 is 0 Å². The average molecular weight is 260 g/mol. The van der Waals surface area contributed by atoms with Gasteiger partial charge in [-0.05, 0) is 36.9 Å². The molecule has 0 amide bonds. The van der Waals surface area contributed by atoms with Gasteiger partial charge in [0.25, 0.3) is 0 Å². The molecule has 0 spiro atoms. The Bertz CT molecular complexity index is 541. The number of aromatic nitrogens is 3. The van der Waals surface area contributed by atoms with E-state index in [9.17, 15) is 0 Å². The number of aryl methyl sites for hydroxylation is 1. The minimum Gasteiger partial charge on any atom is -0.346 e. The molecule has 0 aliphatic heterocycles. The van der Waals surface area contributed by atoms with E-state index in [0.29, 0.717) is 18.5 Å². The maximum Gasteiger partial charge on any atom is 0.223 e. The molecule has 0 bridgehead atoms. The van der Waals surface area contributed by atoms with Crippen LogP contribution in [0.25, 0.3) is 0 Å². The van der Waals surface area contributed by atoms with Gasteiger partial charge in [0.1, 0.15) is 0 Å². The van der Waals surface area contributed by atoms with Gasteiger partial charge in [-0.3, -0.25) is 0 Å². The van der Waals surface area contributed by atoms with Gasteiger partial charge in [-0.1, -0.05) is 12.1 Å². The van der Waals surface area contributed by atoms with Crippen LogP contribution in [0.5, 0.6) is 0 Å². The van der Waals surface area contributed by atoms with Crippen molar-refractivity contribution in [2.24, 2.45) is 5.92 Å². The first-order chi connectivity index (χ1) is 9.26. The number of hydrogen-bond acceptors (Lipinski definition) is 4. The van der Waals surface area contributed by atoms with Crippen LogP contribution in [0.3, 0.4) is 0 Å². The van der Waals surface area contributed by atoms with E-state index in [-0.39, 0.29) is 0 Å². The Kier molecular flexibility index (Phi) is 3.38. The molecule has 0 saturated heterocycles. The number of hydrogen-bond donors (Lipinski definition) is 1. The fraction of sp³-hybridized carbons (Fsp3) is 0.571. The molecule has 3 rings (SSSR count). The first-order valence-corrected chi connectivity index (χ1v) is 6.94. The van der Waals surface area contributed by atoms with Crippen LogP contribution >= 0.6 is 0 Å². The fourth-order valence-electron chi connectivity index (χ4n) is 2.52. The topological polar surface area (TPSA) is 55.9 Å². The van der Waals surface area contributed by atoms with E-state index in [1.807, 2.05) is 6.92 Å². The first-order valence-electron chi connectivity index (χ1n) is 6.94. The van der Waals surface area contributed by atoms with E-state index in [4.69, 9.17) is 4.52 Å². The molecule has 2 aromatic heterocycles. The fourth-order valence-corrected chi connectivity index (χ4v) is 2.52. The molecule has 1 unspecified atom stereocenters. The lowest BCUT2D eigenvalue weighted by Gasteiger charge is -2.15. The number of nitrogens with zero attached hydrogens (tertiary/aromatic N) is 3. The molecule has 5 nitrogen and oxygen atoms in total. The average Bonchev–Trinajstić information content (AvgIpc) is 3.00. The lowest BCUT2D eigenvalue weighted by atomic mass is 10.1. The Hall–Kier alpha value is -1.62. The Labute approximate surface area is 113 Å². The number of nitrogens with one attached hydrogen (secondary N) is 1. The maximum absolute atomic E-state index is 4.99. The monoisotopic (exact) mass is 260 g/mol. The van der Waals surface area contributed by atoms with Crippen molar-refractivity contribution < 1.29 is 4.52 Å². The summed E-state index contributed by atoms with van der Waals surface area (Å²) >= 11 is 0. The second-order valence-corrected chi connectivity index (χ2v) is 5.22. The summed E-state index contributed by atoms with van der Waals surface area (Å²) in [5.74, 6) is 2.15. The molecular formula is C14H20N4O. The predicted molar refractivity (Wildman–Crippen MR) is 71.7 cm³/mol. The summed E-state index contributed by atoms with van der Waals surface area (Å²) < 4.78 is 7.11. The largest absolute Gasteiger partial charge is 0.346 e. The summed E-state index contributed by atoms with van der Waals surface area (Å²) in [5.41, 5.74) is 1.37. The lowest BCUT2D eigenvalue weighted by Crippen LogP contribution is -2.22. The Morgan fingerprint density at radius 3 is 3.00 bits per heavy atom. The Morgan fingerprint density at radius 2 is 2.37 bits per heavy atom. The highest BCUT2D eigenvalue weighted by molar-refractivity contribution is 5.18. The molecule has 5 heteroatoms. The van der Waals surface area contributed by atoms with Crippen LogP contribution in [0.2, 0.25) is 0 Å². The molecule has 2 heterocycles. The van der Waals surface area contributed by atoms with Gasteiger partial charge in [-0.2, -0.15) is 4.98 Å². The highest BCUT2D eigenvalue weighted by Gasteiger charge is 2.32. The van der Waals surface area contributed by atoms with Crippen LogP contribution in [0, 0.1) is 12.8 Å². The molecular weight excluding hydrogens is 240 g/mol. The van der Waals surface area contributed by atoms with Crippen molar-refractivity contribution >= 4 is 0 Å². The summed E-state index contributed by atoms with van der Waals surface area (Å²) in [6, 6.07) is 2.69.